The van der Waals surface area contributed by atoms with E-state index in [-0.39, 0.29) is 0 Å². The largest absolute Gasteiger partial charge is 0.351 e. The van der Waals surface area contributed by atoms with Crippen LogP contribution in [0.3, 0.4) is 0 Å². The molecule has 0 atom stereocenters. The molecular formula is C18H21BrN4. The van der Waals surface area contributed by atoms with Gasteiger partial charge in [0, 0.05) is 28.2 Å². The fourth-order valence-corrected chi connectivity index (χ4v) is 3.52. The van der Waals surface area contributed by atoms with Gasteiger partial charge in [0.05, 0.1) is 5.69 Å². The number of anilines is 3. The summed E-state index contributed by atoms with van der Waals surface area (Å²) in [4.78, 5) is 9.39. The summed E-state index contributed by atoms with van der Waals surface area (Å²) in [5, 5.41) is 6.95. The highest BCUT2D eigenvalue weighted by atomic mass is 79.9. The Labute approximate surface area is 145 Å². The number of nitrogens with one attached hydrogen (secondary N) is 2. The number of aromatic nitrogens is 2. The summed E-state index contributed by atoms with van der Waals surface area (Å²) in [7, 11) is 0. The lowest BCUT2D eigenvalue weighted by Crippen LogP contribution is -2.09. The predicted octanol–water partition coefficient (Wildman–Crippen LogP) is 5.05. The summed E-state index contributed by atoms with van der Waals surface area (Å²) >= 11 is 3.55. The van der Waals surface area contributed by atoms with Crippen molar-refractivity contribution in [1.82, 2.24) is 9.97 Å². The van der Waals surface area contributed by atoms with Crippen LogP contribution in [0.1, 0.15) is 48.4 Å². The minimum absolute atomic E-state index is 0.563. The van der Waals surface area contributed by atoms with Crippen LogP contribution in [0, 0.1) is 13.8 Å². The Balaban J connectivity index is 1.66. The third kappa shape index (κ3) is 3.50. The van der Waals surface area contributed by atoms with Crippen molar-refractivity contribution in [2.24, 2.45) is 0 Å². The van der Waals surface area contributed by atoms with Gasteiger partial charge in [-0.2, -0.15) is 4.98 Å². The summed E-state index contributed by atoms with van der Waals surface area (Å²) in [5.74, 6) is 2.27. The van der Waals surface area contributed by atoms with Crippen LogP contribution in [0.5, 0.6) is 0 Å². The van der Waals surface area contributed by atoms with Gasteiger partial charge in [-0.1, -0.05) is 15.9 Å². The molecule has 2 saturated carbocycles. The molecule has 1 aromatic heterocycles. The van der Waals surface area contributed by atoms with Crippen LogP contribution >= 0.6 is 15.9 Å². The molecule has 2 aliphatic rings. The molecule has 0 spiro atoms. The zero-order valence-corrected chi connectivity index (χ0v) is 15.1. The smallest absolute Gasteiger partial charge is 0.225 e. The predicted molar refractivity (Wildman–Crippen MR) is 97.6 cm³/mol. The average molecular weight is 373 g/mol. The molecule has 1 heterocycles. The molecule has 23 heavy (non-hydrogen) atoms. The van der Waals surface area contributed by atoms with E-state index >= 15 is 0 Å². The number of nitrogens with zero attached hydrogens (tertiary/aromatic N) is 2. The second kappa shape index (κ2) is 5.78. The molecule has 0 saturated heterocycles. The summed E-state index contributed by atoms with van der Waals surface area (Å²) in [6.07, 6.45) is 4.95. The topological polar surface area (TPSA) is 49.8 Å². The van der Waals surface area contributed by atoms with Crippen LogP contribution < -0.4 is 10.6 Å². The van der Waals surface area contributed by atoms with Crippen LogP contribution in [0.15, 0.2) is 22.7 Å². The number of hydrogen-bond donors (Lipinski definition) is 2. The lowest BCUT2D eigenvalue weighted by Gasteiger charge is -2.15. The summed E-state index contributed by atoms with van der Waals surface area (Å²) < 4.78 is 1.11. The Morgan fingerprint density at radius 3 is 2.30 bits per heavy atom. The molecule has 0 bridgehead atoms. The zero-order valence-electron chi connectivity index (χ0n) is 13.5. The molecule has 1 aromatic carbocycles. The molecule has 120 valence electrons. The van der Waals surface area contributed by atoms with E-state index in [9.17, 15) is 0 Å². The molecule has 2 aliphatic carbocycles. The molecule has 0 amide bonds. The Morgan fingerprint density at radius 2 is 1.70 bits per heavy atom. The van der Waals surface area contributed by atoms with E-state index in [1.165, 1.54) is 36.8 Å². The molecule has 2 N–H and O–H groups in total. The molecule has 2 fully saturated rings. The van der Waals surface area contributed by atoms with E-state index < -0.39 is 0 Å². The molecule has 2 aromatic rings. The third-order valence-electron chi connectivity index (χ3n) is 4.40. The Bertz CT molecular complexity index is 728. The maximum Gasteiger partial charge on any atom is 0.225 e. The van der Waals surface area contributed by atoms with Crippen LogP contribution in [0.25, 0.3) is 0 Å². The highest BCUT2D eigenvalue weighted by Gasteiger charge is 2.28. The number of benzene rings is 1. The Kier molecular flexibility index (Phi) is 3.76. The van der Waals surface area contributed by atoms with Crippen molar-refractivity contribution < 1.29 is 0 Å². The first-order valence-corrected chi connectivity index (χ1v) is 9.07. The number of aryl methyl sites for hydroxylation is 2. The maximum atomic E-state index is 4.71. The SMILES string of the molecule is Cc1cc(Br)cc(C)c1Nc1cc(C2CC2)nc(NC2CC2)n1. The van der Waals surface area contributed by atoms with Gasteiger partial charge in [0.15, 0.2) is 0 Å². The fourth-order valence-electron chi connectivity index (χ4n) is 2.83. The second-order valence-electron chi connectivity index (χ2n) is 6.73. The average Bonchev–Trinajstić information content (AvgIpc) is 3.34. The quantitative estimate of drug-likeness (QED) is 0.770. The van der Waals surface area contributed by atoms with Gasteiger partial charge in [-0.05, 0) is 62.8 Å². The number of halogens is 1. The van der Waals surface area contributed by atoms with Crippen molar-refractivity contribution in [3.63, 3.8) is 0 Å². The van der Waals surface area contributed by atoms with Crippen molar-refractivity contribution in [2.75, 3.05) is 10.6 Å². The Morgan fingerprint density at radius 1 is 1.00 bits per heavy atom. The van der Waals surface area contributed by atoms with Crippen LogP contribution in [0.4, 0.5) is 17.5 Å². The van der Waals surface area contributed by atoms with E-state index in [0.717, 1.165) is 27.6 Å². The number of rotatable bonds is 5. The highest BCUT2D eigenvalue weighted by molar-refractivity contribution is 9.10. The van der Waals surface area contributed by atoms with Gasteiger partial charge >= 0.3 is 0 Å². The van der Waals surface area contributed by atoms with Gasteiger partial charge in [0.25, 0.3) is 0 Å². The lowest BCUT2D eigenvalue weighted by molar-refractivity contribution is 0.968. The Hall–Kier alpha value is -1.62. The molecule has 0 aliphatic heterocycles. The monoisotopic (exact) mass is 372 g/mol. The van der Waals surface area contributed by atoms with E-state index in [4.69, 9.17) is 4.98 Å². The lowest BCUT2D eigenvalue weighted by atomic mass is 10.1. The van der Waals surface area contributed by atoms with Gasteiger partial charge in [0.1, 0.15) is 5.82 Å². The van der Waals surface area contributed by atoms with E-state index in [2.05, 4.69) is 63.6 Å². The van der Waals surface area contributed by atoms with Crippen molar-refractivity contribution in [1.29, 1.82) is 0 Å². The van der Waals surface area contributed by atoms with Crippen molar-refractivity contribution in [2.45, 2.75) is 51.5 Å². The van der Waals surface area contributed by atoms with E-state index in [0.29, 0.717) is 12.0 Å². The zero-order chi connectivity index (χ0) is 16.0. The molecular weight excluding hydrogens is 352 g/mol. The first-order chi connectivity index (χ1) is 11.1. The van der Waals surface area contributed by atoms with Gasteiger partial charge in [-0.15, -0.1) is 0 Å². The first kappa shape index (κ1) is 14.9. The van der Waals surface area contributed by atoms with Crippen LogP contribution in [-0.2, 0) is 0 Å². The molecule has 4 nitrogen and oxygen atoms in total. The minimum atomic E-state index is 0.563. The van der Waals surface area contributed by atoms with Crippen molar-refractivity contribution >= 4 is 33.4 Å². The summed E-state index contributed by atoms with van der Waals surface area (Å²) in [6, 6.07) is 6.92. The molecule has 4 rings (SSSR count). The maximum absolute atomic E-state index is 4.71. The number of hydrogen-bond acceptors (Lipinski definition) is 4. The second-order valence-corrected chi connectivity index (χ2v) is 7.65. The molecule has 0 unspecified atom stereocenters. The van der Waals surface area contributed by atoms with E-state index in [1.807, 2.05) is 0 Å². The highest BCUT2D eigenvalue weighted by Crippen LogP contribution is 2.40. The summed E-state index contributed by atoms with van der Waals surface area (Å²) in [5.41, 5.74) is 4.71. The normalized spacial score (nSPS) is 17.2. The van der Waals surface area contributed by atoms with Gasteiger partial charge < -0.3 is 10.6 Å². The van der Waals surface area contributed by atoms with Gasteiger partial charge in [0.2, 0.25) is 5.95 Å². The van der Waals surface area contributed by atoms with Crippen molar-refractivity contribution in [3.05, 3.63) is 39.5 Å². The van der Waals surface area contributed by atoms with Gasteiger partial charge in [-0.25, -0.2) is 4.98 Å². The molecule has 5 heteroatoms. The van der Waals surface area contributed by atoms with E-state index in [1.54, 1.807) is 0 Å². The van der Waals surface area contributed by atoms with Crippen molar-refractivity contribution in [3.8, 4) is 0 Å². The third-order valence-corrected chi connectivity index (χ3v) is 4.86. The van der Waals surface area contributed by atoms with Crippen LogP contribution in [0.2, 0.25) is 0 Å². The van der Waals surface area contributed by atoms with Crippen LogP contribution in [-0.4, -0.2) is 16.0 Å². The fraction of sp³-hybridized carbons (Fsp3) is 0.444. The minimum Gasteiger partial charge on any atom is -0.351 e. The molecule has 0 radical (unpaired) electrons. The van der Waals surface area contributed by atoms with Gasteiger partial charge in [-0.3, -0.25) is 0 Å². The first-order valence-electron chi connectivity index (χ1n) is 8.28. The summed E-state index contributed by atoms with van der Waals surface area (Å²) in [6.45, 7) is 4.24. The standard InChI is InChI=1S/C18H21BrN4/c1-10-7-13(19)8-11(2)17(10)22-16-9-15(12-3-4-12)21-18(23-16)20-14-5-6-14/h7-9,12,14H,3-6H2,1-2H3,(H2,20,21,22,23).